The fraction of sp³-hybridized carbons (Fsp3) is 0.350. The van der Waals surface area contributed by atoms with E-state index in [1.165, 1.54) is 40.7 Å². The molecule has 3 rings (SSSR count). The second-order valence-corrected chi connectivity index (χ2v) is 8.58. The molecule has 1 fully saturated rings. The van der Waals surface area contributed by atoms with Crippen LogP contribution in [0.1, 0.15) is 40.7 Å². The Labute approximate surface area is 158 Å². The monoisotopic (exact) mass is 391 g/mol. The number of halogens is 1. The Hall–Kier alpha value is -2.25. The normalized spacial score (nSPS) is 15.5. The molecule has 7 heteroatoms. The average molecular weight is 391 g/mol. The van der Waals surface area contributed by atoms with Crippen molar-refractivity contribution in [3.63, 3.8) is 0 Å². The summed E-state index contributed by atoms with van der Waals surface area (Å²) in [6, 6.07) is 10.2. The number of nitrogens with zero attached hydrogens (tertiary/aromatic N) is 1. The van der Waals surface area contributed by atoms with Crippen LogP contribution >= 0.6 is 0 Å². The van der Waals surface area contributed by atoms with Crippen LogP contribution in [0.3, 0.4) is 0 Å². The van der Waals surface area contributed by atoms with E-state index in [4.69, 9.17) is 4.74 Å². The minimum atomic E-state index is -3.62. The van der Waals surface area contributed by atoms with Crippen molar-refractivity contribution >= 4 is 16.0 Å². The molecular weight excluding hydrogens is 369 g/mol. The highest BCUT2D eigenvalue weighted by molar-refractivity contribution is 7.89. The summed E-state index contributed by atoms with van der Waals surface area (Å²) in [4.78, 5) is 12.6. The number of hydrogen-bond acceptors (Lipinski definition) is 4. The van der Waals surface area contributed by atoms with Crippen molar-refractivity contribution in [3.05, 3.63) is 65.0 Å². The summed E-state index contributed by atoms with van der Waals surface area (Å²) in [5.74, 6) is -0.968. The molecule has 0 radical (unpaired) electrons. The SMILES string of the molecule is Cc1ccc(S(=O)(=O)N2CCCCC2)cc1C(=O)OCc1ccc(F)cc1. The zero-order chi connectivity index (χ0) is 19.4. The maximum atomic E-state index is 12.9. The predicted molar refractivity (Wildman–Crippen MR) is 99.3 cm³/mol. The summed E-state index contributed by atoms with van der Waals surface area (Å²) in [5.41, 5.74) is 1.51. The maximum absolute atomic E-state index is 12.9. The molecule has 0 aromatic heterocycles. The van der Waals surface area contributed by atoms with Gasteiger partial charge in [0.2, 0.25) is 10.0 Å². The van der Waals surface area contributed by atoms with Crippen molar-refractivity contribution in [2.75, 3.05) is 13.1 Å². The van der Waals surface area contributed by atoms with Gasteiger partial charge in [0.1, 0.15) is 12.4 Å². The van der Waals surface area contributed by atoms with Gasteiger partial charge in [0, 0.05) is 13.1 Å². The lowest BCUT2D eigenvalue weighted by Crippen LogP contribution is -2.35. The Balaban J connectivity index is 1.78. The molecule has 0 aliphatic carbocycles. The first-order valence-electron chi connectivity index (χ1n) is 8.90. The van der Waals surface area contributed by atoms with Crippen molar-refractivity contribution in [1.29, 1.82) is 0 Å². The number of aryl methyl sites for hydroxylation is 1. The fourth-order valence-corrected chi connectivity index (χ4v) is 4.59. The van der Waals surface area contributed by atoms with Crippen molar-refractivity contribution in [1.82, 2.24) is 4.31 Å². The summed E-state index contributed by atoms with van der Waals surface area (Å²) in [6.45, 7) is 2.72. The third-order valence-electron chi connectivity index (χ3n) is 4.66. The molecule has 0 bridgehead atoms. The van der Waals surface area contributed by atoms with Crippen molar-refractivity contribution in [2.24, 2.45) is 0 Å². The van der Waals surface area contributed by atoms with E-state index in [-0.39, 0.29) is 22.9 Å². The number of sulfonamides is 1. The van der Waals surface area contributed by atoms with Crippen LogP contribution in [0.15, 0.2) is 47.4 Å². The molecule has 27 heavy (non-hydrogen) atoms. The van der Waals surface area contributed by atoms with E-state index in [0.29, 0.717) is 24.2 Å². The lowest BCUT2D eigenvalue weighted by atomic mass is 10.1. The van der Waals surface area contributed by atoms with Gasteiger partial charge in [0.15, 0.2) is 0 Å². The van der Waals surface area contributed by atoms with E-state index >= 15 is 0 Å². The van der Waals surface area contributed by atoms with Gasteiger partial charge in [0.05, 0.1) is 10.5 Å². The quantitative estimate of drug-likeness (QED) is 0.730. The van der Waals surface area contributed by atoms with Gasteiger partial charge in [-0.15, -0.1) is 0 Å². The van der Waals surface area contributed by atoms with Crippen molar-refractivity contribution in [3.8, 4) is 0 Å². The summed E-state index contributed by atoms with van der Waals surface area (Å²) in [6.07, 6.45) is 2.72. The van der Waals surface area contributed by atoms with Gasteiger partial charge >= 0.3 is 5.97 Å². The summed E-state index contributed by atoms with van der Waals surface area (Å²) < 4.78 is 45.3. The smallest absolute Gasteiger partial charge is 0.338 e. The Bertz CT molecular complexity index is 919. The van der Waals surface area contributed by atoms with E-state index < -0.39 is 16.0 Å². The highest BCUT2D eigenvalue weighted by atomic mass is 32.2. The van der Waals surface area contributed by atoms with E-state index in [2.05, 4.69) is 0 Å². The van der Waals surface area contributed by atoms with Crippen LogP contribution in [0.5, 0.6) is 0 Å². The Kier molecular flexibility index (Phi) is 5.92. The van der Waals surface area contributed by atoms with Crippen LogP contribution in [0, 0.1) is 12.7 Å². The highest BCUT2D eigenvalue weighted by Crippen LogP contribution is 2.23. The number of piperidine rings is 1. The molecule has 1 heterocycles. The van der Waals surface area contributed by atoms with Gasteiger partial charge in [-0.3, -0.25) is 0 Å². The minimum Gasteiger partial charge on any atom is -0.457 e. The van der Waals surface area contributed by atoms with Crippen LogP contribution in [0.25, 0.3) is 0 Å². The summed E-state index contributed by atoms with van der Waals surface area (Å²) in [7, 11) is -3.62. The summed E-state index contributed by atoms with van der Waals surface area (Å²) >= 11 is 0. The highest BCUT2D eigenvalue weighted by Gasteiger charge is 2.27. The molecular formula is C20H22FNO4S. The van der Waals surface area contributed by atoms with E-state index in [0.717, 1.165) is 19.3 Å². The molecule has 0 amide bonds. The number of benzene rings is 2. The first-order valence-corrected chi connectivity index (χ1v) is 10.3. The zero-order valence-corrected chi connectivity index (χ0v) is 16.0. The molecule has 0 atom stereocenters. The Morgan fingerprint density at radius 1 is 1.07 bits per heavy atom. The standard InChI is InChI=1S/C20H22FNO4S/c1-15-5-10-18(27(24,25)22-11-3-2-4-12-22)13-19(15)20(23)26-14-16-6-8-17(21)9-7-16/h5-10,13H,2-4,11-12,14H2,1H3. The average Bonchev–Trinajstić information content (AvgIpc) is 2.68. The van der Waals surface area contributed by atoms with Crippen molar-refractivity contribution < 1.29 is 22.3 Å². The molecule has 0 spiro atoms. The van der Waals surface area contributed by atoms with Gasteiger partial charge in [-0.25, -0.2) is 17.6 Å². The number of rotatable bonds is 5. The van der Waals surface area contributed by atoms with Gasteiger partial charge in [0.25, 0.3) is 0 Å². The third kappa shape index (κ3) is 4.54. The first-order chi connectivity index (χ1) is 12.9. The first kappa shape index (κ1) is 19.5. The minimum absolute atomic E-state index is 0.0122. The van der Waals surface area contributed by atoms with E-state index in [1.54, 1.807) is 13.0 Å². The van der Waals surface area contributed by atoms with Gasteiger partial charge in [-0.2, -0.15) is 4.31 Å². The predicted octanol–water partition coefficient (Wildman–Crippen LogP) is 3.67. The number of esters is 1. The largest absolute Gasteiger partial charge is 0.457 e. The Morgan fingerprint density at radius 3 is 2.41 bits per heavy atom. The number of hydrogen-bond donors (Lipinski definition) is 0. The molecule has 144 valence electrons. The van der Waals surface area contributed by atoms with Crippen LogP contribution in [-0.4, -0.2) is 31.8 Å². The van der Waals surface area contributed by atoms with Gasteiger partial charge < -0.3 is 4.74 Å². The molecule has 0 N–H and O–H groups in total. The second-order valence-electron chi connectivity index (χ2n) is 6.64. The van der Waals surface area contributed by atoms with Crippen LogP contribution < -0.4 is 0 Å². The maximum Gasteiger partial charge on any atom is 0.338 e. The third-order valence-corrected chi connectivity index (χ3v) is 6.56. The number of ether oxygens (including phenoxy) is 1. The van der Waals surface area contributed by atoms with Crippen LogP contribution in [0.4, 0.5) is 4.39 Å². The molecule has 0 saturated carbocycles. The lowest BCUT2D eigenvalue weighted by Gasteiger charge is -2.26. The number of carbonyl (C=O) groups is 1. The molecule has 5 nitrogen and oxygen atoms in total. The van der Waals surface area contributed by atoms with E-state index in [9.17, 15) is 17.6 Å². The van der Waals surface area contributed by atoms with Gasteiger partial charge in [-0.1, -0.05) is 24.6 Å². The second kappa shape index (κ2) is 8.19. The lowest BCUT2D eigenvalue weighted by molar-refractivity contribution is 0.0471. The topological polar surface area (TPSA) is 63.7 Å². The van der Waals surface area contributed by atoms with Crippen LogP contribution in [0.2, 0.25) is 0 Å². The molecule has 2 aromatic carbocycles. The molecule has 1 saturated heterocycles. The molecule has 0 unspecified atom stereocenters. The molecule has 1 aliphatic heterocycles. The zero-order valence-electron chi connectivity index (χ0n) is 15.2. The van der Waals surface area contributed by atoms with Gasteiger partial charge in [-0.05, 0) is 55.2 Å². The molecule has 2 aromatic rings. The summed E-state index contributed by atoms with van der Waals surface area (Å²) in [5, 5.41) is 0. The fourth-order valence-electron chi connectivity index (χ4n) is 3.04. The molecule has 1 aliphatic rings. The Morgan fingerprint density at radius 2 is 1.74 bits per heavy atom. The van der Waals surface area contributed by atoms with Crippen LogP contribution in [-0.2, 0) is 21.4 Å². The number of carbonyl (C=O) groups excluding carboxylic acids is 1. The van der Waals surface area contributed by atoms with Crippen molar-refractivity contribution in [2.45, 2.75) is 37.7 Å². The van der Waals surface area contributed by atoms with E-state index in [1.807, 2.05) is 0 Å².